The van der Waals surface area contributed by atoms with E-state index in [1.54, 1.807) is 19.2 Å². The van der Waals surface area contributed by atoms with Gasteiger partial charge in [0, 0.05) is 31.9 Å². The number of nitrogens with one attached hydrogen (secondary N) is 2. The van der Waals surface area contributed by atoms with Gasteiger partial charge >= 0.3 is 0 Å². The second-order valence-electron chi connectivity index (χ2n) is 5.53. The largest absolute Gasteiger partial charge is 0.444 e. The van der Waals surface area contributed by atoms with E-state index < -0.39 is 11.8 Å². The van der Waals surface area contributed by atoms with Crippen molar-refractivity contribution in [2.45, 2.75) is 6.92 Å². The minimum Gasteiger partial charge on any atom is -0.444 e. The molecule has 3 aromatic heterocycles. The Bertz CT molecular complexity index is 1040. The smallest absolute Gasteiger partial charge is 0.277 e. The molecular weight excluding hydrogens is 354 g/mol. The Morgan fingerprint density at radius 2 is 2.04 bits per heavy atom. The molecule has 11 heteroatoms. The van der Waals surface area contributed by atoms with Crippen molar-refractivity contribution in [1.82, 2.24) is 19.7 Å². The highest BCUT2D eigenvalue weighted by molar-refractivity contribution is 6.07. The second kappa shape index (κ2) is 7.07. The van der Waals surface area contributed by atoms with E-state index in [1.807, 2.05) is 0 Å². The normalized spacial score (nSPS) is 10.4. The molecule has 0 aromatic carbocycles. The van der Waals surface area contributed by atoms with Crippen molar-refractivity contribution in [2.75, 3.05) is 10.6 Å². The molecule has 3 heterocycles. The van der Waals surface area contributed by atoms with Gasteiger partial charge < -0.3 is 20.8 Å². The van der Waals surface area contributed by atoms with Crippen molar-refractivity contribution >= 4 is 29.2 Å². The van der Waals surface area contributed by atoms with Gasteiger partial charge in [-0.3, -0.25) is 19.1 Å². The Morgan fingerprint density at radius 1 is 1.26 bits per heavy atom. The Kier molecular flexibility index (Phi) is 4.66. The lowest BCUT2D eigenvalue weighted by Gasteiger charge is -2.02. The van der Waals surface area contributed by atoms with Crippen LogP contribution in [-0.4, -0.2) is 37.5 Å². The molecule has 0 bridgehead atoms. The highest BCUT2D eigenvalue weighted by atomic mass is 16.3. The number of aryl methyl sites for hydroxylation is 1. The monoisotopic (exact) mass is 369 g/mol. The molecule has 138 valence electrons. The zero-order valence-corrected chi connectivity index (χ0v) is 14.4. The predicted octanol–water partition coefficient (Wildman–Crippen LogP) is 0.780. The Labute approximate surface area is 152 Å². The first kappa shape index (κ1) is 17.8. The molecule has 11 nitrogen and oxygen atoms in total. The molecule has 0 saturated heterocycles. The van der Waals surface area contributed by atoms with Crippen LogP contribution in [0.4, 0.5) is 11.5 Å². The zero-order valence-electron chi connectivity index (χ0n) is 14.4. The van der Waals surface area contributed by atoms with Crippen molar-refractivity contribution < 1.29 is 18.8 Å². The summed E-state index contributed by atoms with van der Waals surface area (Å²) in [5.74, 6) is -1.15. The number of primary amides is 1. The van der Waals surface area contributed by atoms with Crippen LogP contribution in [0.2, 0.25) is 0 Å². The first-order valence-electron chi connectivity index (χ1n) is 7.68. The van der Waals surface area contributed by atoms with Crippen molar-refractivity contribution in [1.29, 1.82) is 0 Å². The van der Waals surface area contributed by atoms with Gasteiger partial charge in [-0.15, -0.1) is 0 Å². The van der Waals surface area contributed by atoms with Crippen LogP contribution >= 0.6 is 0 Å². The van der Waals surface area contributed by atoms with Gasteiger partial charge in [-0.2, -0.15) is 5.10 Å². The number of hydrogen-bond donors (Lipinski definition) is 3. The minimum absolute atomic E-state index is 0.0119. The molecule has 0 fully saturated rings. The maximum absolute atomic E-state index is 12.4. The molecule has 3 rings (SSSR count). The number of hydrogen-bond acceptors (Lipinski definition) is 7. The lowest BCUT2D eigenvalue weighted by Crippen LogP contribution is -2.18. The number of pyridine rings is 1. The number of oxazole rings is 1. The number of amides is 3. The molecular formula is C16H15N7O4. The molecule has 0 aliphatic rings. The van der Waals surface area contributed by atoms with Crippen LogP contribution in [0.25, 0.3) is 11.5 Å². The lowest BCUT2D eigenvalue weighted by molar-refractivity contribution is -0.114. The van der Waals surface area contributed by atoms with Gasteiger partial charge in [0.15, 0.2) is 11.4 Å². The lowest BCUT2D eigenvalue weighted by atomic mass is 10.2. The molecule has 0 spiro atoms. The molecule has 0 atom stereocenters. The van der Waals surface area contributed by atoms with Crippen LogP contribution in [0, 0.1) is 0 Å². The van der Waals surface area contributed by atoms with Gasteiger partial charge in [0.1, 0.15) is 12.1 Å². The Morgan fingerprint density at radius 3 is 2.74 bits per heavy atom. The summed E-state index contributed by atoms with van der Waals surface area (Å²) in [4.78, 5) is 43.0. The average Bonchev–Trinajstić information content (AvgIpc) is 3.21. The van der Waals surface area contributed by atoms with Crippen molar-refractivity contribution in [2.24, 2.45) is 12.8 Å². The van der Waals surface area contributed by atoms with Crippen LogP contribution in [0.5, 0.6) is 0 Å². The standard InChI is InChI=1S/C16H15N7O4/c1-8(24)19-12-5-9(3-4-18-12)16-21-11(7-27-16)15(26)20-10-6-23(2)22-13(10)14(17)25/h3-7H,1-2H3,(H2,17,25)(H,20,26)(H,18,19,24). The van der Waals surface area contributed by atoms with E-state index in [2.05, 4.69) is 25.7 Å². The summed E-state index contributed by atoms with van der Waals surface area (Å²) in [6, 6.07) is 3.17. The van der Waals surface area contributed by atoms with Crippen molar-refractivity contribution in [3.8, 4) is 11.5 Å². The van der Waals surface area contributed by atoms with Crippen molar-refractivity contribution in [3.63, 3.8) is 0 Å². The minimum atomic E-state index is -0.769. The summed E-state index contributed by atoms with van der Waals surface area (Å²) in [7, 11) is 1.59. The van der Waals surface area contributed by atoms with Crippen LogP contribution in [0.3, 0.4) is 0 Å². The predicted molar refractivity (Wildman–Crippen MR) is 93.7 cm³/mol. The summed E-state index contributed by atoms with van der Waals surface area (Å²) in [6.07, 6.45) is 4.09. The summed E-state index contributed by atoms with van der Waals surface area (Å²) >= 11 is 0. The molecule has 0 radical (unpaired) electrons. The topological polar surface area (TPSA) is 158 Å². The number of nitrogens with two attached hydrogens (primary N) is 1. The Hall–Kier alpha value is -4.02. The summed E-state index contributed by atoms with van der Waals surface area (Å²) < 4.78 is 6.68. The van der Waals surface area contributed by atoms with E-state index in [-0.39, 0.29) is 28.9 Å². The maximum Gasteiger partial charge on any atom is 0.277 e. The molecule has 3 amide bonds. The maximum atomic E-state index is 12.4. The molecule has 27 heavy (non-hydrogen) atoms. The summed E-state index contributed by atoms with van der Waals surface area (Å²) in [6.45, 7) is 1.36. The molecule has 4 N–H and O–H groups in total. The third-order valence-corrected chi connectivity index (χ3v) is 3.36. The fraction of sp³-hybridized carbons (Fsp3) is 0.125. The van der Waals surface area contributed by atoms with E-state index >= 15 is 0 Å². The van der Waals surface area contributed by atoms with Crippen LogP contribution < -0.4 is 16.4 Å². The molecule has 0 aliphatic carbocycles. The van der Waals surface area contributed by atoms with Crippen molar-refractivity contribution in [3.05, 3.63) is 42.2 Å². The van der Waals surface area contributed by atoms with E-state index in [1.165, 1.54) is 30.3 Å². The Balaban J connectivity index is 1.81. The summed E-state index contributed by atoms with van der Waals surface area (Å²) in [5, 5.41) is 8.95. The van der Waals surface area contributed by atoms with E-state index in [4.69, 9.17) is 10.2 Å². The van der Waals surface area contributed by atoms with Gasteiger partial charge in [0.05, 0.1) is 5.69 Å². The molecule has 0 saturated carbocycles. The number of anilines is 2. The zero-order chi connectivity index (χ0) is 19.6. The first-order valence-corrected chi connectivity index (χ1v) is 7.68. The fourth-order valence-corrected chi connectivity index (χ4v) is 2.27. The van der Waals surface area contributed by atoms with E-state index in [0.29, 0.717) is 11.4 Å². The molecule has 0 unspecified atom stereocenters. The molecule has 3 aromatic rings. The number of carbonyl (C=O) groups is 3. The van der Waals surface area contributed by atoms with Gasteiger partial charge in [-0.05, 0) is 12.1 Å². The number of carbonyl (C=O) groups excluding carboxylic acids is 3. The number of nitrogens with zero attached hydrogens (tertiary/aromatic N) is 4. The first-order chi connectivity index (χ1) is 12.8. The van der Waals surface area contributed by atoms with Crippen LogP contribution in [0.1, 0.15) is 27.9 Å². The SMILES string of the molecule is CC(=O)Nc1cc(-c2nc(C(=O)Nc3cn(C)nc3C(N)=O)co2)ccn1. The van der Waals surface area contributed by atoms with Crippen LogP contribution in [-0.2, 0) is 11.8 Å². The molecule has 0 aliphatic heterocycles. The summed E-state index contributed by atoms with van der Waals surface area (Å²) in [5.41, 5.74) is 5.84. The number of rotatable bonds is 5. The van der Waals surface area contributed by atoms with Gasteiger partial charge in [-0.25, -0.2) is 9.97 Å². The average molecular weight is 369 g/mol. The van der Waals surface area contributed by atoms with Gasteiger partial charge in [0.25, 0.3) is 11.8 Å². The van der Waals surface area contributed by atoms with Gasteiger partial charge in [0.2, 0.25) is 11.8 Å². The second-order valence-corrected chi connectivity index (χ2v) is 5.53. The van der Waals surface area contributed by atoms with E-state index in [9.17, 15) is 14.4 Å². The van der Waals surface area contributed by atoms with E-state index in [0.717, 1.165) is 0 Å². The third kappa shape index (κ3) is 3.98. The quantitative estimate of drug-likeness (QED) is 0.599. The highest BCUT2D eigenvalue weighted by Gasteiger charge is 2.19. The third-order valence-electron chi connectivity index (χ3n) is 3.36. The van der Waals surface area contributed by atoms with Crippen LogP contribution in [0.15, 0.2) is 35.2 Å². The number of aromatic nitrogens is 4. The highest BCUT2D eigenvalue weighted by Crippen LogP contribution is 2.21. The van der Waals surface area contributed by atoms with Gasteiger partial charge in [-0.1, -0.05) is 0 Å². The fourth-order valence-electron chi connectivity index (χ4n) is 2.27.